The number of rotatable bonds is 31. The van der Waals surface area contributed by atoms with Gasteiger partial charge in [0.05, 0.1) is 72.7 Å². The molecule has 11 nitrogen and oxygen atoms in total. The van der Waals surface area contributed by atoms with Crippen LogP contribution in [0.2, 0.25) is 0 Å². The lowest BCUT2D eigenvalue weighted by Crippen LogP contribution is -2.27. The fourth-order valence-electron chi connectivity index (χ4n) is 5.55. The molecule has 11 heteroatoms. The second-order valence-corrected chi connectivity index (χ2v) is 12.0. The molecule has 2 aromatic rings. The van der Waals surface area contributed by atoms with Gasteiger partial charge in [0.1, 0.15) is 13.2 Å². The molecule has 0 aliphatic heterocycles. The Balaban J connectivity index is 0.988. The van der Waals surface area contributed by atoms with Gasteiger partial charge in [-0.05, 0) is 35.1 Å². The summed E-state index contributed by atoms with van der Waals surface area (Å²) < 4.78 is 43.7. The predicted molar refractivity (Wildman–Crippen MR) is 192 cm³/mol. The minimum absolute atomic E-state index is 0.0505. The molecule has 0 spiro atoms. The van der Waals surface area contributed by atoms with Crippen molar-refractivity contribution in [2.45, 2.75) is 64.2 Å². The number of ether oxygens (including phenoxy) is 8. The third kappa shape index (κ3) is 17.7. The smallest absolute Gasteiger partial charge is 0.407 e. The zero-order valence-electron chi connectivity index (χ0n) is 30.0. The molecule has 3 rings (SSSR count). The van der Waals surface area contributed by atoms with Gasteiger partial charge in [0.15, 0.2) is 0 Å². The summed E-state index contributed by atoms with van der Waals surface area (Å²) in [6.45, 7) is 8.91. The normalized spacial score (nSPS) is 12.1. The first-order valence-corrected chi connectivity index (χ1v) is 18.4. The molecule has 1 N–H and O–H groups in total. The second kappa shape index (κ2) is 27.6. The number of carbonyl (C=O) groups excluding carboxylic acids is 2. The van der Waals surface area contributed by atoms with Crippen LogP contribution in [0.5, 0.6) is 0 Å². The van der Waals surface area contributed by atoms with E-state index in [4.69, 9.17) is 37.9 Å². The van der Waals surface area contributed by atoms with Crippen molar-refractivity contribution in [3.8, 4) is 11.1 Å². The van der Waals surface area contributed by atoms with Crippen molar-refractivity contribution in [1.82, 2.24) is 5.32 Å². The van der Waals surface area contributed by atoms with Crippen molar-refractivity contribution < 1.29 is 47.5 Å². The van der Waals surface area contributed by atoms with Gasteiger partial charge in [-0.15, -0.1) is 0 Å². The van der Waals surface area contributed by atoms with Gasteiger partial charge in [0, 0.05) is 25.5 Å². The first kappa shape index (κ1) is 41.4. The molecule has 280 valence electrons. The molecule has 1 aliphatic carbocycles. The van der Waals surface area contributed by atoms with Gasteiger partial charge in [-0.2, -0.15) is 0 Å². The van der Waals surface area contributed by atoms with E-state index in [2.05, 4.69) is 36.5 Å². The van der Waals surface area contributed by atoms with Crippen molar-refractivity contribution in [3.63, 3.8) is 0 Å². The molecule has 0 aromatic heterocycles. The zero-order valence-corrected chi connectivity index (χ0v) is 30.0. The van der Waals surface area contributed by atoms with E-state index in [1.54, 1.807) is 0 Å². The van der Waals surface area contributed by atoms with Crippen LogP contribution >= 0.6 is 0 Å². The van der Waals surface area contributed by atoms with E-state index in [0.29, 0.717) is 105 Å². The van der Waals surface area contributed by atoms with E-state index in [9.17, 15) is 9.59 Å². The fourth-order valence-corrected chi connectivity index (χ4v) is 5.55. The fraction of sp³-hybridized carbons (Fsp3) is 0.641. The van der Waals surface area contributed by atoms with Gasteiger partial charge >= 0.3 is 12.1 Å². The maximum atomic E-state index is 12.3. The molecular formula is C39H59NO10. The Morgan fingerprint density at radius 1 is 0.540 bits per heavy atom. The summed E-state index contributed by atoms with van der Waals surface area (Å²) in [4.78, 5) is 23.9. The number of amides is 1. The molecule has 1 amide bonds. The predicted octanol–water partition coefficient (Wildman–Crippen LogP) is 6.31. The standard InChI is InChI=1S/C39H59NO10/c1-2-3-4-5-6-7-17-38(41)49-31-30-48-29-28-47-27-26-46-25-24-45-23-22-44-21-20-43-19-12-18-40-39(42)50-32-37-35-15-10-8-13-33(35)34-14-9-11-16-36(34)37/h8-11,13-16,37H,2-7,12,17-32H2,1H3,(H,40,42). The lowest BCUT2D eigenvalue weighted by atomic mass is 9.98. The number of esters is 1. The van der Waals surface area contributed by atoms with Crippen LogP contribution in [0.15, 0.2) is 48.5 Å². The topological polar surface area (TPSA) is 120 Å². The van der Waals surface area contributed by atoms with Gasteiger partial charge in [0.2, 0.25) is 0 Å². The number of benzene rings is 2. The number of nitrogens with one attached hydrogen (secondary N) is 1. The number of hydrogen-bond donors (Lipinski definition) is 1. The molecule has 0 bridgehead atoms. The lowest BCUT2D eigenvalue weighted by Gasteiger charge is -2.14. The van der Waals surface area contributed by atoms with Crippen LogP contribution in [0.4, 0.5) is 4.79 Å². The molecular weight excluding hydrogens is 642 g/mol. The van der Waals surface area contributed by atoms with E-state index in [1.807, 2.05) is 24.3 Å². The Morgan fingerprint density at radius 2 is 1.00 bits per heavy atom. The monoisotopic (exact) mass is 701 g/mol. The number of alkyl carbamates (subject to hydrolysis) is 1. The van der Waals surface area contributed by atoms with Gasteiger partial charge < -0.3 is 43.2 Å². The minimum atomic E-state index is -0.415. The average molecular weight is 702 g/mol. The van der Waals surface area contributed by atoms with Crippen LogP contribution < -0.4 is 5.32 Å². The number of unbranched alkanes of at least 4 members (excludes halogenated alkanes) is 5. The summed E-state index contributed by atoms with van der Waals surface area (Å²) in [7, 11) is 0. The van der Waals surface area contributed by atoms with Crippen LogP contribution in [0.25, 0.3) is 11.1 Å². The molecule has 0 atom stereocenters. The van der Waals surface area contributed by atoms with Crippen LogP contribution in [0, 0.1) is 0 Å². The van der Waals surface area contributed by atoms with E-state index in [-0.39, 0.29) is 18.5 Å². The summed E-state index contributed by atoms with van der Waals surface area (Å²) >= 11 is 0. The second-order valence-electron chi connectivity index (χ2n) is 12.0. The van der Waals surface area contributed by atoms with Gasteiger partial charge in [-0.25, -0.2) is 4.79 Å². The van der Waals surface area contributed by atoms with E-state index < -0.39 is 6.09 Å². The molecule has 0 unspecified atom stereocenters. The summed E-state index contributed by atoms with van der Waals surface area (Å²) in [6.07, 6.45) is 7.67. The Hall–Kier alpha value is -3.06. The summed E-state index contributed by atoms with van der Waals surface area (Å²) in [5, 5.41) is 2.80. The summed E-state index contributed by atoms with van der Waals surface area (Å²) in [5.74, 6) is -0.0961. The first-order chi connectivity index (χ1) is 24.7. The molecule has 1 aliphatic rings. The van der Waals surface area contributed by atoms with Gasteiger partial charge in [-0.3, -0.25) is 4.79 Å². The quantitative estimate of drug-likeness (QED) is 0.0708. The maximum absolute atomic E-state index is 12.3. The highest BCUT2D eigenvalue weighted by molar-refractivity contribution is 5.79. The zero-order chi connectivity index (χ0) is 35.3. The number of fused-ring (bicyclic) bond motifs is 3. The van der Waals surface area contributed by atoms with Crippen molar-refractivity contribution in [1.29, 1.82) is 0 Å². The molecule has 0 fully saturated rings. The highest BCUT2D eigenvalue weighted by Gasteiger charge is 2.28. The van der Waals surface area contributed by atoms with E-state index in [0.717, 1.165) is 12.8 Å². The molecule has 0 saturated heterocycles. The molecule has 2 aromatic carbocycles. The van der Waals surface area contributed by atoms with Crippen LogP contribution in [0.1, 0.15) is 75.3 Å². The highest BCUT2D eigenvalue weighted by atomic mass is 16.6. The van der Waals surface area contributed by atoms with Crippen LogP contribution in [-0.4, -0.2) is 111 Å². The van der Waals surface area contributed by atoms with Crippen molar-refractivity contribution in [2.24, 2.45) is 0 Å². The number of hydrogen-bond acceptors (Lipinski definition) is 10. The van der Waals surface area contributed by atoms with Crippen molar-refractivity contribution in [2.75, 3.05) is 99.0 Å². The van der Waals surface area contributed by atoms with Gasteiger partial charge in [0.25, 0.3) is 0 Å². The molecule has 0 radical (unpaired) electrons. The van der Waals surface area contributed by atoms with Crippen molar-refractivity contribution >= 4 is 12.1 Å². The first-order valence-electron chi connectivity index (χ1n) is 18.4. The SMILES string of the molecule is CCCCCCCCC(=O)OCCOCCOCCOCCOCCOCCOCCCNC(=O)OCC1c2ccccc2-c2ccccc21. The largest absolute Gasteiger partial charge is 0.463 e. The lowest BCUT2D eigenvalue weighted by molar-refractivity contribution is -0.145. The number of carbonyl (C=O) groups is 2. The molecule has 50 heavy (non-hydrogen) atoms. The molecule has 0 saturated carbocycles. The third-order valence-corrected chi connectivity index (χ3v) is 8.16. The average Bonchev–Trinajstić information content (AvgIpc) is 3.46. The Bertz CT molecular complexity index is 1130. The maximum Gasteiger partial charge on any atom is 0.407 e. The van der Waals surface area contributed by atoms with Crippen LogP contribution in [0.3, 0.4) is 0 Å². The summed E-state index contributed by atoms with van der Waals surface area (Å²) in [6, 6.07) is 16.6. The Labute approximate surface area is 298 Å². The Morgan fingerprint density at radius 3 is 1.54 bits per heavy atom. The van der Waals surface area contributed by atoms with Crippen molar-refractivity contribution in [3.05, 3.63) is 59.7 Å². The minimum Gasteiger partial charge on any atom is -0.463 e. The highest BCUT2D eigenvalue weighted by Crippen LogP contribution is 2.44. The third-order valence-electron chi connectivity index (χ3n) is 8.16. The summed E-state index contributed by atoms with van der Waals surface area (Å²) in [5.41, 5.74) is 4.81. The molecule has 0 heterocycles. The van der Waals surface area contributed by atoms with Crippen LogP contribution in [-0.2, 0) is 42.7 Å². The van der Waals surface area contributed by atoms with Gasteiger partial charge in [-0.1, -0.05) is 87.6 Å². The van der Waals surface area contributed by atoms with E-state index in [1.165, 1.54) is 47.9 Å². The Kier molecular flexibility index (Phi) is 22.9. The van der Waals surface area contributed by atoms with E-state index >= 15 is 0 Å².